The van der Waals surface area contributed by atoms with Crippen molar-refractivity contribution in [3.05, 3.63) is 46.9 Å². The molecular formula is C17H16ClN5O2. The highest BCUT2D eigenvalue weighted by atomic mass is 35.5. The van der Waals surface area contributed by atoms with E-state index in [9.17, 15) is 4.79 Å². The Balaban J connectivity index is 1.47. The number of amides is 1. The molecule has 1 amide bonds. The second-order valence-corrected chi connectivity index (χ2v) is 6.25. The number of rotatable bonds is 2. The van der Waals surface area contributed by atoms with E-state index in [-0.39, 0.29) is 11.1 Å². The van der Waals surface area contributed by atoms with Gasteiger partial charge in [0.2, 0.25) is 5.65 Å². The number of pyridine rings is 2. The lowest BCUT2D eigenvalue weighted by atomic mass is 10.2. The predicted octanol–water partition coefficient (Wildman–Crippen LogP) is 2.54. The molecule has 0 N–H and O–H groups in total. The number of anilines is 1. The van der Waals surface area contributed by atoms with Crippen molar-refractivity contribution in [2.24, 2.45) is 0 Å². The maximum absolute atomic E-state index is 12.6. The molecule has 1 fully saturated rings. The molecule has 7 nitrogen and oxygen atoms in total. The van der Waals surface area contributed by atoms with Crippen LogP contribution < -0.4 is 4.90 Å². The molecule has 25 heavy (non-hydrogen) atoms. The molecule has 128 valence electrons. The molecular weight excluding hydrogens is 342 g/mol. The lowest BCUT2D eigenvalue weighted by molar-refractivity contribution is 0.0745. The number of fused-ring (bicyclic) bond motifs is 1. The van der Waals surface area contributed by atoms with Crippen LogP contribution in [0.25, 0.3) is 11.2 Å². The fraction of sp³-hybridized carbons (Fsp3) is 0.294. The lowest BCUT2D eigenvalue weighted by Crippen LogP contribution is -2.49. The fourth-order valence-corrected chi connectivity index (χ4v) is 3.05. The van der Waals surface area contributed by atoms with E-state index in [1.165, 1.54) is 0 Å². The van der Waals surface area contributed by atoms with Crippen LogP contribution in [0, 0.1) is 6.92 Å². The largest absolute Gasteiger partial charge is 0.422 e. The van der Waals surface area contributed by atoms with E-state index in [0.29, 0.717) is 49.0 Å². The quantitative estimate of drug-likeness (QED) is 0.656. The molecule has 3 aromatic rings. The smallest absolute Gasteiger partial charge is 0.300 e. The number of aryl methyl sites for hydroxylation is 1. The highest BCUT2D eigenvalue weighted by Gasteiger charge is 2.26. The molecule has 0 saturated carbocycles. The zero-order chi connectivity index (χ0) is 17.4. The molecule has 0 bridgehead atoms. The summed E-state index contributed by atoms with van der Waals surface area (Å²) in [5.41, 5.74) is 2.60. The number of oxazole rings is 1. The third kappa shape index (κ3) is 3.02. The summed E-state index contributed by atoms with van der Waals surface area (Å²) in [6.45, 7) is 4.32. The number of nitrogens with zero attached hydrogens (tertiary/aromatic N) is 5. The number of piperazine rings is 1. The zero-order valence-electron chi connectivity index (χ0n) is 13.6. The Morgan fingerprint density at radius 2 is 1.96 bits per heavy atom. The summed E-state index contributed by atoms with van der Waals surface area (Å²) in [4.78, 5) is 29.1. The highest BCUT2D eigenvalue weighted by molar-refractivity contribution is 6.32. The molecule has 1 aliphatic heterocycles. The molecule has 3 aromatic heterocycles. The molecule has 4 rings (SSSR count). The number of hydrogen-bond donors (Lipinski definition) is 0. The predicted molar refractivity (Wildman–Crippen MR) is 93.9 cm³/mol. The first-order chi connectivity index (χ1) is 12.1. The monoisotopic (exact) mass is 357 g/mol. The van der Waals surface area contributed by atoms with Crippen molar-refractivity contribution in [1.82, 2.24) is 19.9 Å². The van der Waals surface area contributed by atoms with E-state index in [1.54, 1.807) is 23.2 Å². The summed E-state index contributed by atoms with van der Waals surface area (Å²) in [6.07, 6.45) is 1.57. The van der Waals surface area contributed by atoms with Gasteiger partial charge in [-0.3, -0.25) is 4.79 Å². The van der Waals surface area contributed by atoms with Gasteiger partial charge >= 0.3 is 0 Å². The van der Waals surface area contributed by atoms with Gasteiger partial charge in [0.05, 0.1) is 5.56 Å². The van der Waals surface area contributed by atoms with E-state index >= 15 is 0 Å². The van der Waals surface area contributed by atoms with Gasteiger partial charge in [0.1, 0.15) is 5.15 Å². The van der Waals surface area contributed by atoms with Gasteiger partial charge in [-0.2, -0.15) is 4.98 Å². The Labute approximate surface area is 149 Å². The van der Waals surface area contributed by atoms with Gasteiger partial charge in [-0.1, -0.05) is 11.6 Å². The Morgan fingerprint density at radius 1 is 1.16 bits per heavy atom. The van der Waals surface area contributed by atoms with Gasteiger partial charge in [0, 0.05) is 38.1 Å². The Kier molecular flexibility index (Phi) is 4.01. The number of carbonyl (C=O) groups is 1. The van der Waals surface area contributed by atoms with E-state index < -0.39 is 0 Å². The molecule has 0 aromatic carbocycles. The number of carbonyl (C=O) groups excluding carboxylic acids is 1. The Hall–Kier alpha value is -2.67. The molecule has 0 radical (unpaired) electrons. The fourth-order valence-electron chi connectivity index (χ4n) is 2.85. The maximum Gasteiger partial charge on any atom is 0.300 e. The molecule has 1 saturated heterocycles. The molecule has 8 heteroatoms. The average molecular weight is 358 g/mol. The van der Waals surface area contributed by atoms with Crippen LogP contribution in [-0.2, 0) is 0 Å². The molecule has 4 heterocycles. The average Bonchev–Trinajstić information content (AvgIpc) is 3.05. The van der Waals surface area contributed by atoms with Crippen molar-refractivity contribution in [2.45, 2.75) is 6.92 Å². The van der Waals surface area contributed by atoms with Crippen LogP contribution >= 0.6 is 11.6 Å². The normalized spacial score (nSPS) is 15.0. The SMILES string of the molecule is Cc1ccc2oc(N3CCN(C(=O)c4cccnc4Cl)CC3)nc2n1. The number of hydrogen-bond acceptors (Lipinski definition) is 6. The minimum atomic E-state index is -0.104. The first-order valence-corrected chi connectivity index (χ1v) is 8.38. The van der Waals surface area contributed by atoms with Gasteiger partial charge in [0.15, 0.2) is 5.58 Å². The van der Waals surface area contributed by atoms with E-state index in [4.69, 9.17) is 16.0 Å². The van der Waals surface area contributed by atoms with E-state index in [1.807, 2.05) is 24.0 Å². The summed E-state index contributed by atoms with van der Waals surface area (Å²) in [5.74, 6) is -0.104. The van der Waals surface area contributed by atoms with Crippen LogP contribution in [0.2, 0.25) is 5.15 Å². The Bertz CT molecular complexity index is 934. The lowest BCUT2D eigenvalue weighted by Gasteiger charge is -2.33. The standard InChI is InChI=1S/C17H16ClN5O2/c1-11-4-5-13-15(20-11)21-17(25-13)23-9-7-22(8-10-23)16(24)12-3-2-6-19-14(12)18/h2-6H,7-10H2,1H3. The van der Waals surface area contributed by atoms with Gasteiger partial charge in [-0.15, -0.1) is 0 Å². The van der Waals surface area contributed by atoms with Gasteiger partial charge in [-0.05, 0) is 31.2 Å². The Morgan fingerprint density at radius 3 is 2.72 bits per heavy atom. The summed E-state index contributed by atoms with van der Waals surface area (Å²) in [6, 6.07) is 7.71. The second-order valence-electron chi connectivity index (χ2n) is 5.89. The van der Waals surface area contributed by atoms with Crippen LogP contribution in [0.3, 0.4) is 0 Å². The summed E-state index contributed by atoms with van der Waals surface area (Å²) >= 11 is 6.02. The van der Waals surface area contributed by atoms with Crippen LogP contribution in [0.5, 0.6) is 0 Å². The number of aromatic nitrogens is 3. The van der Waals surface area contributed by atoms with Crippen LogP contribution in [-0.4, -0.2) is 51.9 Å². The second kappa shape index (κ2) is 6.33. The zero-order valence-corrected chi connectivity index (χ0v) is 14.4. The van der Waals surface area contributed by atoms with Crippen molar-refractivity contribution < 1.29 is 9.21 Å². The summed E-state index contributed by atoms with van der Waals surface area (Å²) in [7, 11) is 0. The summed E-state index contributed by atoms with van der Waals surface area (Å²) < 4.78 is 5.78. The van der Waals surface area contributed by atoms with Crippen molar-refractivity contribution in [3.63, 3.8) is 0 Å². The molecule has 1 aliphatic rings. The van der Waals surface area contributed by atoms with Crippen molar-refractivity contribution in [1.29, 1.82) is 0 Å². The van der Waals surface area contributed by atoms with Crippen LogP contribution in [0.1, 0.15) is 16.1 Å². The molecule has 0 atom stereocenters. The number of halogens is 1. The third-order valence-electron chi connectivity index (χ3n) is 4.21. The highest BCUT2D eigenvalue weighted by Crippen LogP contribution is 2.23. The van der Waals surface area contributed by atoms with E-state index in [0.717, 1.165) is 5.69 Å². The first kappa shape index (κ1) is 15.8. The first-order valence-electron chi connectivity index (χ1n) is 8.01. The summed E-state index contributed by atoms with van der Waals surface area (Å²) in [5, 5.41) is 0.232. The molecule has 0 unspecified atom stereocenters. The minimum Gasteiger partial charge on any atom is -0.422 e. The molecule has 0 spiro atoms. The maximum atomic E-state index is 12.6. The van der Waals surface area contributed by atoms with Gasteiger partial charge in [-0.25, -0.2) is 9.97 Å². The third-order valence-corrected chi connectivity index (χ3v) is 4.51. The van der Waals surface area contributed by atoms with Crippen LogP contribution in [0.15, 0.2) is 34.9 Å². The van der Waals surface area contributed by atoms with Crippen LogP contribution in [0.4, 0.5) is 6.01 Å². The molecule has 0 aliphatic carbocycles. The topological polar surface area (TPSA) is 75.4 Å². The van der Waals surface area contributed by atoms with Crippen molar-refractivity contribution in [2.75, 3.05) is 31.1 Å². The van der Waals surface area contributed by atoms with Crippen molar-refractivity contribution in [3.8, 4) is 0 Å². The van der Waals surface area contributed by atoms with Gasteiger partial charge in [0.25, 0.3) is 11.9 Å². The minimum absolute atomic E-state index is 0.104. The van der Waals surface area contributed by atoms with Gasteiger partial charge < -0.3 is 14.2 Å². The van der Waals surface area contributed by atoms with E-state index in [2.05, 4.69) is 15.0 Å². The van der Waals surface area contributed by atoms with Crippen molar-refractivity contribution >= 4 is 34.8 Å².